The Morgan fingerprint density at radius 1 is 1.00 bits per heavy atom. The van der Waals surface area contributed by atoms with Crippen LogP contribution in [0.4, 0.5) is 0 Å². The minimum absolute atomic E-state index is 0.0637. The number of carbonyl (C=O) groups is 2. The van der Waals surface area contributed by atoms with Gasteiger partial charge in [-0.1, -0.05) is 42.5 Å². The van der Waals surface area contributed by atoms with Gasteiger partial charge in [0, 0.05) is 18.8 Å². The van der Waals surface area contributed by atoms with Gasteiger partial charge in [0.25, 0.3) is 0 Å². The Hall–Kier alpha value is -3.41. The summed E-state index contributed by atoms with van der Waals surface area (Å²) in [5.74, 6) is 0.0503. The van der Waals surface area contributed by atoms with Gasteiger partial charge in [-0.3, -0.25) is 9.59 Å². The van der Waals surface area contributed by atoms with E-state index >= 15 is 0 Å². The van der Waals surface area contributed by atoms with Crippen molar-refractivity contribution in [3.63, 3.8) is 0 Å². The number of rotatable bonds is 7. The van der Waals surface area contributed by atoms with E-state index < -0.39 is 0 Å². The number of hydrogen-bond acceptors (Lipinski definition) is 4. The third kappa shape index (κ3) is 5.04. The van der Waals surface area contributed by atoms with Crippen LogP contribution in [0.1, 0.15) is 11.1 Å². The molecule has 0 atom stereocenters. The second kappa shape index (κ2) is 8.80. The smallest absolute Gasteiger partial charge is 0.239 e. The minimum atomic E-state index is -0.253. The van der Waals surface area contributed by atoms with Crippen LogP contribution in [-0.2, 0) is 22.6 Å². The first kappa shape index (κ1) is 18.4. The molecule has 0 saturated carbocycles. The number of amides is 2. The molecule has 2 aromatic carbocycles. The molecule has 0 saturated heterocycles. The van der Waals surface area contributed by atoms with Crippen LogP contribution < -0.4 is 15.4 Å². The standard InChI is InChI=1S/C21H21N3O3/c1-27-21-11-15(9-10-22-21)13-23-20(26)14-24-19(25)12-17-7-4-6-16-5-2-3-8-18(16)17/h2-11H,12-14H2,1H3,(H,23,26)(H,24,25). The molecule has 138 valence electrons. The van der Waals surface area contributed by atoms with Gasteiger partial charge < -0.3 is 15.4 Å². The molecule has 0 bridgehead atoms. The first-order valence-electron chi connectivity index (χ1n) is 8.64. The number of nitrogens with one attached hydrogen (secondary N) is 2. The molecule has 6 nitrogen and oxygen atoms in total. The topological polar surface area (TPSA) is 80.3 Å². The summed E-state index contributed by atoms with van der Waals surface area (Å²) in [4.78, 5) is 28.2. The zero-order valence-electron chi connectivity index (χ0n) is 15.1. The van der Waals surface area contributed by atoms with Crippen LogP contribution in [0.2, 0.25) is 0 Å². The summed E-state index contributed by atoms with van der Waals surface area (Å²) in [5.41, 5.74) is 1.81. The van der Waals surface area contributed by atoms with E-state index in [0.717, 1.165) is 21.9 Å². The fraction of sp³-hybridized carbons (Fsp3) is 0.190. The number of ether oxygens (including phenoxy) is 1. The zero-order valence-corrected chi connectivity index (χ0v) is 15.1. The Morgan fingerprint density at radius 3 is 2.67 bits per heavy atom. The fourth-order valence-electron chi connectivity index (χ4n) is 2.80. The number of aromatic nitrogens is 1. The lowest BCUT2D eigenvalue weighted by Gasteiger charge is -2.09. The van der Waals surface area contributed by atoms with E-state index in [9.17, 15) is 9.59 Å². The highest BCUT2D eigenvalue weighted by Gasteiger charge is 2.09. The quantitative estimate of drug-likeness (QED) is 0.675. The van der Waals surface area contributed by atoms with Crippen LogP contribution in [0.3, 0.4) is 0 Å². The zero-order chi connectivity index (χ0) is 19.1. The molecule has 6 heteroatoms. The number of pyridine rings is 1. The highest BCUT2D eigenvalue weighted by Crippen LogP contribution is 2.18. The summed E-state index contributed by atoms with van der Waals surface area (Å²) in [6.07, 6.45) is 1.85. The lowest BCUT2D eigenvalue weighted by Crippen LogP contribution is -2.37. The number of methoxy groups -OCH3 is 1. The van der Waals surface area contributed by atoms with Gasteiger partial charge in [0.05, 0.1) is 20.1 Å². The van der Waals surface area contributed by atoms with Crippen molar-refractivity contribution in [3.8, 4) is 5.88 Å². The third-order valence-electron chi connectivity index (χ3n) is 4.18. The van der Waals surface area contributed by atoms with Crippen molar-refractivity contribution in [1.29, 1.82) is 0 Å². The van der Waals surface area contributed by atoms with Crippen molar-refractivity contribution >= 4 is 22.6 Å². The molecule has 0 aliphatic heterocycles. The maximum atomic E-state index is 12.2. The summed E-state index contributed by atoms with van der Waals surface area (Å²) in [5, 5.41) is 7.57. The van der Waals surface area contributed by atoms with E-state index in [4.69, 9.17) is 4.74 Å². The maximum absolute atomic E-state index is 12.2. The van der Waals surface area contributed by atoms with Gasteiger partial charge in [-0.2, -0.15) is 0 Å². The highest BCUT2D eigenvalue weighted by molar-refractivity contribution is 5.91. The number of nitrogens with zero attached hydrogens (tertiary/aromatic N) is 1. The molecule has 0 spiro atoms. The summed E-state index contributed by atoms with van der Waals surface area (Å²) in [7, 11) is 1.54. The molecule has 3 aromatic rings. The van der Waals surface area contributed by atoms with Gasteiger partial charge in [-0.05, 0) is 28.0 Å². The molecule has 1 aromatic heterocycles. The molecular formula is C21H21N3O3. The maximum Gasteiger partial charge on any atom is 0.239 e. The molecule has 0 unspecified atom stereocenters. The van der Waals surface area contributed by atoms with E-state index in [1.165, 1.54) is 7.11 Å². The van der Waals surface area contributed by atoms with Gasteiger partial charge >= 0.3 is 0 Å². The summed E-state index contributed by atoms with van der Waals surface area (Å²) < 4.78 is 5.05. The number of benzene rings is 2. The lowest BCUT2D eigenvalue weighted by molar-refractivity contribution is -0.125. The van der Waals surface area contributed by atoms with Crippen molar-refractivity contribution in [2.24, 2.45) is 0 Å². The summed E-state index contributed by atoms with van der Waals surface area (Å²) in [6, 6.07) is 17.3. The number of hydrogen-bond donors (Lipinski definition) is 2. The minimum Gasteiger partial charge on any atom is -0.481 e. The molecule has 0 fully saturated rings. The molecule has 2 amide bonds. The van der Waals surface area contributed by atoms with Crippen LogP contribution in [0.5, 0.6) is 5.88 Å². The van der Waals surface area contributed by atoms with Crippen LogP contribution in [-0.4, -0.2) is 30.5 Å². The molecule has 0 aliphatic rings. The average Bonchev–Trinajstić information content (AvgIpc) is 2.71. The van der Waals surface area contributed by atoms with E-state index in [0.29, 0.717) is 12.4 Å². The van der Waals surface area contributed by atoms with Crippen LogP contribution >= 0.6 is 0 Å². The van der Waals surface area contributed by atoms with Crippen molar-refractivity contribution in [3.05, 3.63) is 71.9 Å². The molecule has 0 aliphatic carbocycles. The van der Waals surface area contributed by atoms with Gasteiger partial charge in [-0.15, -0.1) is 0 Å². The fourth-order valence-corrected chi connectivity index (χ4v) is 2.80. The van der Waals surface area contributed by atoms with Crippen molar-refractivity contribution < 1.29 is 14.3 Å². The predicted molar refractivity (Wildman–Crippen MR) is 103 cm³/mol. The van der Waals surface area contributed by atoms with Crippen LogP contribution in [0, 0.1) is 0 Å². The van der Waals surface area contributed by atoms with Crippen molar-refractivity contribution in [2.75, 3.05) is 13.7 Å². The molecule has 2 N–H and O–H groups in total. The molecule has 0 radical (unpaired) electrons. The third-order valence-corrected chi connectivity index (χ3v) is 4.18. The SMILES string of the molecule is COc1cc(CNC(=O)CNC(=O)Cc2cccc3ccccc23)ccn1. The Morgan fingerprint density at radius 2 is 1.81 bits per heavy atom. The lowest BCUT2D eigenvalue weighted by atomic mass is 10.0. The predicted octanol–water partition coefficient (Wildman–Crippen LogP) is 2.22. The van der Waals surface area contributed by atoms with E-state index in [-0.39, 0.29) is 24.8 Å². The van der Waals surface area contributed by atoms with E-state index in [1.807, 2.05) is 42.5 Å². The Labute approximate surface area is 157 Å². The Kier molecular flexibility index (Phi) is 5.99. The molecular weight excluding hydrogens is 342 g/mol. The van der Waals surface area contributed by atoms with Gasteiger partial charge in [0.15, 0.2) is 0 Å². The van der Waals surface area contributed by atoms with Crippen LogP contribution in [0.15, 0.2) is 60.8 Å². The average molecular weight is 363 g/mol. The van der Waals surface area contributed by atoms with E-state index in [1.54, 1.807) is 18.3 Å². The number of carbonyl (C=O) groups excluding carboxylic acids is 2. The molecule has 27 heavy (non-hydrogen) atoms. The van der Waals surface area contributed by atoms with Crippen molar-refractivity contribution in [1.82, 2.24) is 15.6 Å². The monoisotopic (exact) mass is 363 g/mol. The Balaban J connectivity index is 1.49. The highest BCUT2D eigenvalue weighted by atomic mass is 16.5. The van der Waals surface area contributed by atoms with Gasteiger partial charge in [0.2, 0.25) is 17.7 Å². The second-order valence-corrected chi connectivity index (χ2v) is 6.07. The normalized spacial score (nSPS) is 10.4. The first-order chi connectivity index (χ1) is 13.2. The van der Waals surface area contributed by atoms with Crippen LogP contribution in [0.25, 0.3) is 10.8 Å². The largest absolute Gasteiger partial charge is 0.481 e. The summed E-state index contributed by atoms with van der Waals surface area (Å²) >= 11 is 0. The summed E-state index contributed by atoms with van der Waals surface area (Å²) in [6.45, 7) is 0.280. The first-order valence-corrected chi connectivity index (χ1v) is 8.64. The Bertz CT molecular complexity index is 951. The van der Waals surface area contributed by atoms with E-state index in [2.05, 4.69) is 15.6 Å². The second-order valence-electron chi connectivity index (χ2n) is 6.07. The number of fused-ring (bicyclic) bond motifs is 1. The van der Waals surface area contributed by atoms with Gasteiger partial charge in [0.1, 0.15) is 0 Å². The van der Waals surface area contributed by atoms with Gasteiger partial charge in [-0.25, -0.2) is 4.98 Å². The van der Waals surface area contributed by atoms with Crippen molar-refractivity contribution in [2.45, 2.75) is 13.0 Å². The molecule has 3 rings (SSSR count). The molecule has 1 heterocycles.